The number of rotatable bonds is 1. The first-order chi connectivity index (χ1) is 8.54. The molecule has 2 heteroatoms. The molecule has 0 heterocycles. The zero-order chi connectivity index (χ0) is 12.9. The molecule has 0 saturated carbocycles. The van der Waals surface area contributed by atoms with E-state index >= 15 is 0 Å². The molecule has 3 rings (SSSR count). The van der Waals surface area contributed by atoms with E-state index in [-0.39, 0.29) is 11.5 Å². The maximum Gasteiger partial charge on any atom is 0.127 e. The summed E-state index contributed by atoms with van der Waals surface area (Å²) in [5.74, 6) is 0.928. The summed E-state index contributed by atoms with van der Waals surface area (Å²) in [6.07, 6.45) is 0.999. The van der Waals surface area contributed by atoms with Crippen molar-refractivity contribution < 1.29 is 4.74 Å². The molecular weight excluding hydrogens is 222 g/mol. The van der Waals surface area contributed by atoms with Gasteiger partial charge in [0, 0.05) is 11.4 Å². The third kappa shape index (κ3) is 1.45. The van der Waals surface area contributed by atoms with E-state index in [2.05, 4.69) is 44.2 Å². The lowest BCUT2D eigenvalue weighted by Crippen LogP contribution is -2.14. The molecule has 1 atom stereocenters. The van der Waals surface area contributed by atoms with E-state index in [0.29, 0.717) is 0 Å². The summed E-state index contributed by atoms with van der Waals surface area (Å²) in [7, 11) is 1.72. The van der Waals surface area contributed by atoms with E-state index in [1.54, 1.807) is 7.11 Å². The number of benzene rings is 2. The quantitative estimate of drug-likeness (QED) is 0.829. The topological polar surface area (TPSA) is 35.2 Å². The Hall–Kier alpha value is -1.54. The third-order valence-corrected chi connectivity index (χ3v) is 4.06. The lowest BCUT2D eigenvalue weighted by molar-refractivity contribution is 0.419. The number of hydrogen-bond acceptors (Lipinski definition) is 2. The summed E-state index contributed by atoms with van der Waals surface area (Å²) in [6.45, 7) is 4.55. The van der Waals surface area contributed by atoms with Crippen LogP contribution in [0.3, 0.4) is 0 Å². The van der Waals surface area contributed by atoms with E-state index in [4.69, 9.17) is 10.5 Å². The van der Waals surface area contributed by atoms with Crippen LogP contribution < -0.4 is 10.5 Å². The van der Waals surface area contributed by atoms with Gasteiger partial charge < -0.3 is 10.5 Å². The summed E-state index contributed by atoms with van der Waals surface area (Å²) in [5.41, 5.74) is 9.06. The van der Waals surface area contributed by atoms with Crippen molar-refractivity contribution in [2.24, 2.45) is 5.73 Å². The van der Waals surface area contributed by atoms with Gasteiger partial charge >= 0.3 is 0 Å². The minimum absolute atomic E-state index is 0.119. The molecule has 2 nitrogen and oxygen atoms in total. The van der Waals surface area contributed by atoms with Crippen LogP contribution in [-0.4, -0.2) is 7.11 Å². The van der Waals surface area contributed by atoms with Crippen LogP contribution in [0.5, 0.6) is 5.75 Å². The van der Waals surface area contributed by atoms with E-state index in [1.807, 2.05) is 0 Å². The largest absolute Gasteiger partial charge is 0.496 e. The standard InChI is InChI=1S/C16H19NO/c1-16(2)9-13(17)12-8-14(18-3)10-6-4-5-7-11(10)15(12)16/h4-8,13H,9,17H2,1-3H3. The third-order valence-electron chi connectivity index (χ3n) is 4.06. The highest BCUT2D eigenvalue weighted by Crippen LogP contribution is 2.48. The Balaban J connectivity index is 2.44. The van der Waals surface area contributed by atoms with Gasteiger partial charge in [-0.1, -0.05) is 38.1 Å². The Morgan fingerprint density at radius 3 is 2.56 bits per heavy atom. The first-order valence-electron chi connectivity index (χ1n) is 6.40. The maximum absolute atomic E-state index is 6.28. The molecule has 0 aliphatic heterocycles. The van der Waals surface area contributed by atoms with Crippen molar-refractivity contribution in [1.29, 1.82) is 0 Å². The number of methoxy groups -OCH3 is 1. The second-order valence-corrected chi connectivity index (χ2v) is 5.78. The highest BCUT2D eigenvalue weighted by molar-refractivity contribution is 5.93. The molecular formula is C16H19NO. The van der Waals surface area contributed by atoms with E-state index in [9.17, 15) is 0 Å². The molecule has 1 aliphatic carbocycles. The number of nitrogens with two attached hydrogens (primary N) is 1. The lowest BCUT2D eigenvalue weighted by atomic mass is 9.83. The summed E-state index contributed by atoms with van der Waals surface area (Å²) >= 11 is 0. The minimum Gasteiger partial charge on any atom is -0.496 e. The maximum atomic E-state index is 6.28. The fourth-order valence-electron chi connectivity index (χ4n) is 3.34. The van der Waals surface area contributed by atoms with Gasteiger partial charge in [0.05, 0.1) is 7.11 Å². The van der Waals surface area contributed by atoms with Crippen LogP contribution in [0.1, 0.15) is 37.4 Å². The van der Waals surface area contributed by atoms with Crippen LogP contribution in [-0.2, 0) is 5.41 Å². The van der Waals surface area contributed by atoms with Crippen molar-refractivity contribution in [2.45, 2.75) is 31.7 Å². The van der Waals surface area contributed by atoms with E-state index in [0.717, 1.165) is 12.2 Å². The van der Waals surface area contributed by atoms with E-state index < -0.39 is 0 Å². The number of hydrogen-bond donors (Lipinski definition) is 1. The van der Waals surface area contributed by atoms with Crippen molar-refractivity contribution in [3.8, 4) is 5.75 Å². The van der Waals surface area contributed by atoms with Gasteiger partial charge in [0.15, 0.2) is 0 Å². The molecule has 2 aromatic rings. The highest BCUT2D eigenvalue weighted by atomic mass is 16.5. The van der Waals surface area contributed by atoms with Crippen LogP contribution in [0.2, 0.25) is 0 Å². The normalized spacial score (nSPS) is 21.0. The van der Waals surface area contributed by atoms with E-state index in [1.165, 1.54) is 21.9 Å². The molecule has 2 aromatic carbocycles. The molecule has 0 bridgehead atoms. The molecule has 0 aromatic heterocycles. The zero-order valence-corrected chi connectivity index (χ0v) is 11.2. The van der Waals surface area contributed by atoms with Gasteiger partial charge in [0.2, 0.25) is 0 Å². The number of ether oxygens (including phenoxy) is 1. The number of fused-ring (bicyclic) bond motifs is 3. The average molecular weight is 241 g/mol. The van der Waals surface area contributed by atoms with Gasteiger partial charge in [-0.25, -0.2) is 0 Å². The van der Waals surface area contributed by atoms with Gasteiger partial charge in [0.25, 0.3) is 0 Å². The Kier molecular flexibility index (Phi) is 2.39. The summed E-state index contributed by atoms with van der Waals surface area (Å²) < 4.78 is 5.51. The van der Waals surface area contributed by atoms with Crippen molar-refractivity contribution >= 4 is 10.8 Å². The molecule has 0 radical (unpaired) electrons. The van der Waals surface area contributed by atoms with Crippen LogP contribution in [0.25, 0.3) is 10.8 Å². The minimum atomic E-state index is 0.119. The average Bonchev–Trinajstić information content (AvgIpc) is 2.58. The summed E-state index contributed by atoms with van der Waals surface area (Å²) in [6, 6.07) is 10.7. The van der Waals surface area contributed by atoms with Crippen LogP contribution in [0, 0.1) is 0 Å². The van der Waals surface area contributed by atoms with Gasteiger partial charge in [-0.05, 0) is 34.4 Å². The zero-order valence-electron chi connectivity index (χ0n) is 11.2. The van der Waals surface area contributed by atoms with Gasteiger partial charge in [-0.15, -0.1) is 0 Å². The molecule has 2 N–H and O–H groups in total. The van der Waals surface area contributed by atoms with Crippen LogP contribution in [0.4, 0.5) is 0 Å². The Morgan fingerprint density at radius 2 is 1.89 bits per heavy atom. The second-order valence-electron chi connectivity index (χ2n) is 5.78. The second kappa shape index (κ2) is 3.72. The molecule has 94 valence electrons. The Labute approximate surface area is 108 Å². The van der Waals surface area contributed by atoms with Crippen molar-refractivity contribution in [3.63, 3.8) is 0 Å². The summed E-state index contributed by atoms with van der Waals surface area (Å²) in [4.78, 5) is 0. The van der Waals surface area contributed by atoms with Gasteiger partial charge in [-0.3, -0.25) is 0 Å². The highest BCUT2D eigenvalue weighted by Gasteiger charge is 2.37. The lowest BCUT2D eigenvalue weighted by Gasteiger charge is -2.21. The monoisotopic (exact) mass is 241 g/mol. The van der Waals surface area contributed by atoms with Gasteiger partial charge in [-0.2, -0.15) is 0 Å². The molecule has 0 saturated heterocycles. The predicted molar refractivity (Wildman–Crippen MR) is 75.1 cm³/mol. The molecule has 1 unspecified atom stereocenters. The molecule has 0 amide bonds. The van der Waals surface area contributed by atoms with Crippen molar-refractivity contribution in [1.82, 2.24) is 0 Å². The van der Waals surface area contributed by atoms with Crippen molar-refractivity contribution in [2.75, 3.05) is 7.11 Å². The first kappa shape index (κ1) is 11.5. The Morgan fingerprint density at radius 1 is 1.22 bits per heavy atom. The molecule has 1 aliphatic rings. The SMILES string of the molecule is COc1cc2c(c3ccccc13)C(C)(C)CC2N. The summed E-state index contributed by atoms with van der Waals surface area (Å²) in [5, 5.41) is 2.46. The molecule has 0 spiro atoms. The fourth-order valence-corrected chi connectivity index (χ4v) is 3.34. The molecule has 0 fully saturated rings. The predicted octanol–water partition coefficient (Wildman–Crippen LogP) is 3.53. The molecule has 18 heavy (non-hydrogen) atoms. The van der Waals surface area contributed by atoms with Gasteiger partial charge in [0.1, 0.15) is 5.75 Å². The smallest absolute Gasteiger partial charge is 0.127 e. The fraction of sp³-hybridized carbons (Fsp3) is 0.375. The Bertz CT molecular complexity index is 616. The van der Waals surface area contributed by atoms with Crippen LogP contribution in [0.15, 0.2) is 30.3 Å². The van der Waals surface area contributed by atoms with Crippen molar-refractivity contribution in [3.05, 3.63) is 41.5 Å². The first-order valence-corrected chi connectivity index (χ1v) is 6.40. The van der Waals surface area contributed by atoms with Crippen LogP contribution >= 0.6 is 0 Å².